The average Bonchev–Trinajstić information content (AvgIpc) is 2.01. The van der Waals surface area contributed by atoms with Crippen molar-refractivity contribution in [2.24, 2.45) is 0 Å². The van der Waals surface area contributed by atoms with Crippen LogP contribution >= 0.6 is 0 Å². The molecular weight excluding hydrogens is 136 g/mol. The van der Waals surface area contributed by atoms with Crippen molar-refractivity contribution in [3.05, 3.63) is 29.8 Å². The van der Waals surface area contributed by atoms with Crippen molar-refractivity contribution in [1.82, 2.24) is 0 Å². The van der Waals surface area contributed by atoms with Crippen LogP contribution in [0.4, 0.5) is 0 Å². The maximum Gasteiger partial charge on any atom is 0.115 e. The van der Waals surface area contributed by atoms with Gasteiger partial charge in [0.15, 0.2) is 0 Å². The number of benzene rings is 1. The third-order valence-electron chi connectivity index (χ3n) is 1.38. The fourth-order valence-electron chi connectivity index (χ4n) is 0.857. The van der Waals surface area contributed by atoms with Crippen molar-refractivity contribution in [2.75, 3.05) is 0 Å². The molecule has 0 amide bonds. The van der Waals surface area contributed by atoms with Gasteiger partial charge in [-0.3, -0.25) is 0 Å². The summed E-state index contributed by atoms with van der Waals surface area (Å²) in [5, 5.41) is 9.06. The highest BCUT2D eigenvalue weighted by molar-refractivity contribution is 5.29. The molecule has 1 aromatic rings. The van der Waals surface area contributed by atoms with E-state index in [4.69, 9.17) is 5.11 Å². The Balaban J connectivity index is 2.76. The van der Waals surface area contributed by atoms with E-state index < -0.39 is 0 Å². The summed E-state index contributed by atoms with van der Waals surface area (Å²) in [4.78, 5) is 0. The van der Waals surface area contributed by atoms with E-state index in [9.17, 15) is 0 Å². The third kappa shape index (κ3) is 2.35. The molecule has 0 aliphatic carbocycles. The zero-order chi connectivity index (χ0) is 8.10. The molecule has 0 saturated carbocycles. The van der Waals surface area contributed by atoms with E-state index in [1.54, 1.807) is 12.1 Å². The summed E-state index contributed by atoms with van der Waals surface area (Å²) in [7, 11) is 0. The zero-order valence-electron chi connectivity index (χ0n) is 6.46. The van der Waals surface area contributed by atoms with Gasteiger partial charge < -0.3 is 5.11 Å². The molecular formula is C10H10O. The van der Waals surface area contributed by atoms with Gasteiger partial charge >= 0.3 is 0 Å². The second kappa shape index (κ2) is 3.68. The molecule has 0 saturated heterocycles. The lowest BCUT2D eigenvalue weighted by atomic mass is 10.1. The number of hydrogen-bond acceptors (Lipinski definition) is 1. The van der Waals surface area contributed by atoms with Crippen LogP contribution in [0.15, 0.2) is 24.3 Å². The maximum absolute atomic E-state index is 9.06. The van der Waals surface area contributed by atoms with Crippen LogP contribution in [-0.2, 0) is 6.42 Å². The van der Waals surface area contributed by atoms with Gasteiger partial charge in [0.2, 0.25) is 0 Å². The Morgan fingerprint density at radius 1 is 1.45 bits per heavy atom. The summed E-state index contributed by atoms with van der Waals surface area (Å²) >= 11 is 0. The Morgan fingerprint density at radius 2 is 2.27 bits per heavy atom. The van der Waals surface area contributed by atoms with Gasteiger partial charge in [0.05, 0.1) is 0 Å². The van der Waals surface area contributed by atoms with E-state index in [0.29, 0.717) is 12.2 Å². The summed E-state index contributed by atoms with van der Waals surface area (Å²) in [6.07, 6.45) is 0.713. The molecule has 1 N–H and O–H groups in total. The lowest BCUT2D eigenvalue weighted by molar-refractivity contribution is 0.475. The van der Waals surface area contributed by atoms with Crippen LogP contribution in [-0.4, -0.2) is 5.11 Å². The molecule has 0 unspecified atom stereocenters. The molecule has 0 aliphatic heterocycles. The number of hydrogen-bond donors (Lipinski definition) is 1. The van der Waals surface area contributed by atoms with Gasteiger partial charge in [-0.1, -0.05) is 18.1 Å². The number of phenolic OH excluding ortho intramolecular Hbond substituents is 1. The first-order valence-corrected chi connectivity index (χ1v) is 3.50. The molecule has 0 aromatic heterocycles. The molecule has 0 fully saturated rings. The second-order valence-electron chi connectivity index (χ2n) is 2.27. The van der Waals surface area contributed by atoms with E-state index in [2.05, 4.69) is 11.8 Å². The first kappa shape index (κ1) is 7.68. The van der Waals surface area contributed by atoms with Gasteiger partial charge in [0, 0.05) is 6.42 Å². The summed E-state index contributed by atoms with van der Waals surface area (Å²) in [6.45, 7) is 1.81. The maximum atomic E-state index is 9.06. The predicted octanol–water partition coefficient (Wildman–Crippen LogP) is 1.96. The van der Waals surface area contributed by atoms with Crippen molar-refractivity contribution in [1.29, 1.82) is 0 Å². The van der Waals surface area contributed by atoms with Gasteiger partial charge in [0.1, 0.15) is 5.75 Å². The highest BCUT2D eigenvalue weighted by atomic mass is 16.3. The van der Waals surface area contributed by atoms with E-state index in [1.807, 2.05) is 19.1 Å². The quantitative estimate of drug-likeness (QED) is 0.600. The summed E-state index contributed by atoms with van der Waals surface area (Å²) < 4.78 is 0. The Labute approximate surface area is 66.7 Å². The molecule has 1 aromatic carbocycles. The van der Waals surface area contributed by atoms with Crippen LogP contribution in [0.2, 0.25) is 0 Å². The summed E-state index contributed by atoms with van der Waals surface area (Å²) in [5.74, 6) is 6.04. The lowest BCUT2D eigenvalue weighted by Gasteiger charge is -1.94. The van der Waals surface area contributed by atoms with Crippen molar-refractivity contribution in [2.45, 2.75) is 13.3 Å². The normalized spacial score (nSPS) is 8.45. The Kier molecular flexibility index (Phi) is 2.57. The molecule has 0 aliphatic rings. The first-order chi connectivity index (χ1) is 5.33. The number of aromatic hydroxyl groups is 1. The van der Waals surface area contributed by atoms with E-state index in [0.717, 1.165) is 5.56 Å². The van der Waals surface area contributed by atoms with Gasteiger partial charge in [-0.2, -0.15) is 0 Å². The summed E-state index contributed by atoms with van der Waals surface area (Å²) in [6, 6.07) is 7.15. The largest absolute Gasteiger partial charge is 0.508 e. The molecule has 11 heavy (non-hydrogen) atoms. The topological polar surface area (TPSA) is 20.2 Å². The smallest absolute Gasteiger partial charge is 0.115 e. The highest BCUT2D eigenvalue weighted by Crippen LogP contribution is 2.10. The van der Waals surface area contributed by atoms with Crippen LogP contribution in [0.3, 0.4) is 0 Å². The SMILES string of the molecule is CC#CCc1cccc(O)c1. The monoisotopic (exact) mass is 146 g/mol. The molecule has 0 radical (unpaired) electrons. The number of rotatable bonds is 1. The van der Waals surface area contributed by atoms with Crippen LogP contribution < -0.4 is 0 Å². The minimum absolute atomic E-state index is 0.306. The molecule has 0 bridgehead atoms. The predicted molar refractivity (Wildman–Crippen MR) is 45.3 cm³/mol. The van der Waals surface area contributed by atoms with Crippen molar-refractivity contribution in [3.63, 3.8) is 0 Å². The second-order valence-corrected chi connectivity index (χ2v) is 2.27. The Morgan fingerprint density at radius 3 is 2.91 bits per heavy atom. The van der Waals surface area contributed by atoms with Gasteiger partial charge in [0.25, 0.3) is 0 Å². The molecule has 1 heteroatoms. The Hall–Kier alpha value is -1.42. The Bertz CT molecular complexity index is 291. The van der Waals surface area contributed by atoms with Crippen molar-refractivity contribution < 1.29 is 5.11 Å². The van der Waals surface area contributed by atoms with Crippen LogP contribution in [0.5, 0.6) is 5.75 Å². The van der Waals surface area contributed by atoms with E-state index in [1.165, 1.54) is 0 Å². The van der Waals surface area contributed by atoms with Crippen LogP contribution in [0.25, 0.3) is 0 Å². The van der Waals surface area contributed by atoms with Gasteiger partial charge in [-0.25, -0.2) is 0 Å². The van der Waals surface area contributed by atoms with Crippen LogP contribution in [0, 0.1) is 11.8 Å². The number of phenols is 1. The minimum atomic E-state index is 0.306. The molecule has 0 heterocycles. The minimum Gasteiger partial charge on any atom is -0.508 e. The van der Waals surface area contributed by atoms with Crippen LogP contribution in [0.1, 0.15) is 12.5 Å². The standard InChI is InChI=1S/C10H10O/c1-2-3-5-9-6-4-7-10(11)8-9/h4,6-8,11H,5H2,1H3. The zero-order valence-corrected chi connectivity index (χ0v) is 6.46. The molecule has 1 nitrogen and oxygen atoms in total. The molecule has 1 rings (SSSR count). The lowest BCUT2D eigenvalue weighted by Crippen LogP contribution is -1.78. The third-order valence-corrected chi connectivity index (χ3v) is 1.38. The van der Waals surface area contributed by atoms with E-state index in [-0.39, 0.29) is 0 Å². The molecule has 56 valence electrons. The molecule has 0 spiro atoms. The highest BCUT2D eigenvalue weighted by Gasteiger charge is 1.89. The van der Waals surface area contributed by atoms with Gasteiger partial charge in [-0.15, -0.1) is 5.92 Å². The van der Waals surface area contributed by atoms with Crippen molar-refractivity contribution >= 4 is 0 Å². The molecule has 0 atom stereocenters. The van der Waals surface area contributed by atoms with Gasteiger partial charge in [-0.05, 0) is 24.6 Å². The first-order valence-electron chi connectivity index (χ1n) is 3.50. The van der Waals surface area contributed by atoms with E-state index >= 15 is 0 Å². The average molecular weight is 146 g/mol. The fraction of sp³-hybridized carbons (Fsp3) is 0.200. The summed E-state index contributed by atoms with van der Waals surface area (Å²) in [5.41, 5.74) is 1.05. The van der Waals surface area contributed by atoms with Crippen molar-refractivity contribution in [3.8, 4) is 17.6 Å². The fourth-order valence-corrected chi connectivity index (χ4v) is 0.857.